The molecule has 1 unspecified atom stereocenters. The molecule has 0 spiro atoms. The number of benzene rings is 1. The summed E-state index contributed by atoms with van der Waals surface area (Å²) in [4.78, 5) is 26.3. The quantitative estimate of drug-likeness (QED) is 0.745. The van der Waals surface area contributed by atoms with Crippen LogP contribution < -0.4 is 10.6 Å². The van der Waals surface area contributed by atoms with Crippen molar-refractivity contribution in [1.82, 2.24) is 5.32 Å². The molecule has 2 N–H and O–H groups in total. The van der Waals surface area contributed by atoms with Gasteiger partial charge in [0.1, 0.15) is 12.1 Å². The van der Waals surface area contributed by atoms with Crippen LogP contribution in [0.5, 0.6) is 0 Å². The van der Waals surface area contributed by atoms with Crippen molar-refractivity contribution in [3.05, 3.63) is 28.8 Å². The number of hydrogen-bond donors (Lipinski definition) is 2. The van der Waals surface area contributed by atoms with E-state index in [2.05, 4.69) is 10.6 Å². The number of carbonyl (C=O) groups is 2. The van der Waals surface area contributed by atoms with Crippen molar-refractivity contribution in [2.45, 2.75) is 58.4 Å². The standard InChI is InChI=1S/C23H28ClN3O2/c1-13(2)20(21(28)26-18-3-4-19(24)17(8-18)12-25)27-22(29)23-9-14-5-15(10-23)7-16(6-14)11-23/h3-4,8,13-16,20H,5-7,9-11H2,1-2H3,(H,26,28)(H,27,29). The molecule has 1 aromatic rings. The lowest BCUT2D eigenvalue weighted by Gasteiger charge is -2.55. The molecule has 29 heavy (non-hydrogen) atoms. The number of nitrogens with zero attached hydrogens (tertiary/aromatic N) is 1. The highest BCUT2D eigenvalue weighted by atomic mass is 35.5. The second-order valence-electron chi connectivity index (χ2n) is 9.69. The Balaban J connectivity index is 1.47. The highest BCUT2D eigenvalue weighted by Crippen LogP contribution is 2.60. The monoisotopic (exact) mass is 413 g/mol. The molecule has 154 valence electrons. The van der Waals surface area contributed by atoms with E-state index < -0.39 is 6.04 Å². The summed E-state index contributed by atoms with van der Waals surface area (Å²) in [5.74, 6) is 1.78. The number of anilines is 1. The van der Waals surface area contributed by atoms with Crippen LogP contribution in [0.2, 0.25) is 5.02 Å². The van der Waals surface area contributed by atoms with Gasteiger partial charge >= 0.3 is 0 Å². The summed E-state index contributed by atoms with van der Waals surface area (Å²) in [5, 5.41) is 15.4. The van der Waals surface area contributed by atoms with Crippen molar-refractivity contribution in [3.63, 3.8) is 0 Å². The molecule has 2 amide bonds. The van der Waals surface area contributed by atoms with Gasteiger partial charge in [-0.3, -0.25) is 9.59 Å². The van der Waals surface area contributed by atoms with Gasteiger partial charge in [-0.25, -0.2) is 0 Å². The predicted molar refractivity (Wildman–Crippen MR) is 112 cm³/mol. The van der Waals surface area contributed by atoms with Gasteiger partial charge in [0.25, 0.3) is 0 Å². The first-order valence-electron chi connectivity index (χ1n) is 10.6. The molecule has 0 aliphatic heterocycles. The number of hydrogen-bond acceptors (Lipinski definition) is 3. The van der Waals surface area contributed by atoms with Crippen LogP contribution in [0.25, 0.3) is 0 Å². The van der Waals surface area contributed by atoms with Crippen LogP contribution in [0.1, 0.15) is 57.9 Å². The highest BCUT2D eigenvalue weighted by Gasteiger charge is 2.55. The average Bonchev–Trinajstić information content (AvgIpc) is 2.65. The SMILES string of the molecule is CC(C)C(NC(=O)C12CC3CC(CC(C3)C1)C2)C(=O)Nc1ccc(Cl)c(C#N)c1. The maximum absolute atomic E-state index is 13.4. The van der Waals surface area contributed by atoms with Crippen molar-refractivity contribution in [2.75, 3.05) is 5.32 Å². The second-order valence-corrected chi connectivity index (χ2v) is 10.1. The molecule has 4 aliphatic carbocycles. The Hall–Kier alpha value is -2.06. The van der Waals surface area contributed by atoms with Crippen molar-refractivity contribution in [1.29, 1.82) is 5.26 Å². The Labute approximate surface area is 177 Å². The Morgan fingerprint density at radius 2 is 1.72 bits per heavy atom. The minimum Gasteiger partial charge on any atom is -0.344 e. The van der Waals surface area contributed by atoms with E-state index in [4.69, 9.17) is 16.9 Å². The van der Waals surface area contributed by atoms with Gasteiger partial charge in [-0.15, -0.1) is 0 Å². The maximum Gasteiger partial charge on any atom is 0.247 e. The third-order valence-corrected chi connectivity index (χ3v) is 7.44. The summed E-state index contributed by atoms with van der Waals surface area (Å²) in [6, 6.07) is 6.21. The number of nitrogens with one attached hydrogen (secondary N) is 2. The van der Waals surface area contributed by atoms with Crippen molar-refractivity contribution in [2.24, 2.45) is 29.1 Å². The fraction of sp³-hybridized carbons (Fsp3) is 0.609. The molecule has 5 nitrogen and oxygen atoms in total. The van der Waals surface area contributed by atoms with E-state index >= 15 is 0 Å². The highest BCUT2D eigenvalue weighted by molar-refractivity contribution is 6.31. The topological polar surface area (TPSA) is 82.0 Å². The van der Waals surface area contributed by atoms with Gasteiger partial charge in [0, 0.05) is 11.1 Å². The van der Waals surface area contributed by atoms with E-state index in [1.54, 1.807) is 18.2 Å². The van der Waals surface area contributed by atoms with Gasteiger partial charge in [-0.05, 0) is 80.4 Å². The summed E-state index contributed by atoms with van der Waals surface area (Å²) in [6.45, 7) is 3.87. The van der Waals surface area contributed by atoms with Crippen LogP contribution in [-0.4, -0.2) is 17.9 Å². The third kappa shape index (κ3) is 3.88. The molecule has 0 radical (unpaired) electrons. The van der Waals surface area contributed by atoms with Crippen molar-refractivity contribution in [3.8, 4) is 6.07 Å². The lowest BCUT2D eigenvalue weighted by atomic mass is 9.49. The van der Waals surface area contributed by atoms with E-state index in [-0.39, 0.29) is 23.1 Å². The fourth-order valence-corrected chi connectivity index (χ4v) is 6.29. The Kier molecular flexibility index (Phi) is 5.33. The van der Waals surface area contributed by atoms with Crippen LogP contribution in [0, 0.1) is 40.4 Å². The lowest BCUT2D eigenvalue weighted by molar-refractivity contribution is -0.148. The molecule has 1 aromatic carbocycles. The molecular formula is C23H28ClN3O2. The van der Waals surface area contributed by atoms with Gasteiger partial charge in [0.15, 0.2) is 0 Å². The van der Waals surface area contributed by atoms with Crippen molar-refractivity contribution >= 4 is 29.1 Å². The Bertz CT molecular complexity index is 838. The minimum absolute atomic E-state index is 0.0457. The molecule has 1 atom stereocenters. The van der Waals surface area contributed by atoms with Crippen LogP contribution in [-0.2, 0) is 9.59 Å². The Morgan fingerprint density at radius 1 is 1.14 bits per heavy atom. The first-order valence-corrected chi connectivity index (χ1v) is 11.0. The number of rotatable bonds is 5. The van der Waals surface area contributed by atoms with Gasteiger partial charge in [0.2, 0.25) is 11.8 Å². The normalized spacial score (nSPS) is 30.7. The molecule has 4 saturated carbocycles. The Morgan fingerprint density at radius 3 is 2.24 bits per heavy atom. The average molecular weight is 414 g/mol. The predicted octanol–water partition coefficient (Wildman–Crippen LogP) is 4.51. The van der Waals surface area contributed by atoms with E-state index in [1.807, 2.05) is 19.9 Å². The first-order chi connectivity index (χ1) is 13.8. The van der Waals surface area contributed by atoms with E-state index in [0.29, 0.717) is 34.0 Å². The fourth-order valence-electron chi connectivity index (χ4n) is 6.13. The van der Waals surface area contributed by atoms with Crippen LogP contribution in [0.15, 0.2) is 18.2 Å². The summed E-state index contributed by atoms with van der Waals surface area (Å²) < 4.78 is 0. The van der Waals surface area contributed by atoms with Crippen LogP contribution in [0.3, 0.4) is 0 Å². The summed E-state index contributed by atoms with van der Waals surface area (Å²) in [6.07, 6.45) is 6.75. The van der Waals surface area contributed by atoms with Crippen molar-refractivity contribution < 1.29 is 9.59 Å². The summed E-state index contributed by atoms with van der Waals surface area (Å²) in [5.41, 5.74) is 0.532. The van der Waals surface area contributed by atoms with Crippen LogP contribution >= 0.6 is 11.6 Å². The smallest absolute Gasteiger partial charge is 0.247 e. The zero-order valence-corrected chi connectivity index (χ0v) is 17.8. The third-order valence-electron chi connectivity index (χ3n) is 7.11. The zero-order valence-electron chi connectivity index (χ0n) is 17.0. The second kappa shape index (κ2) is 7.65. The number of amides is 2. The molecule has 4 fully saturated rings. The molecule has 0 aromatic heterocycles. The van der Waals surface area contributed by atoms with Gasteiger partial charge in [-0.2, -0.15) is 5.26 Å². The van der Waals surface area contributed by atoms with Gasteiger partial charge in [-0.1, -0.05) is 25.4 Å². The summed E-state index contributed by atoms with van der Waals surface area (Å²) in [7, 11) is 0. The maximum atomic E-state index is 13.4. The molecule has 4 bridgehead atoms. The minimum atomic E-state index is -0.614. The van der Waals surface area contributed by atoms with Gasteiger partial charge < -0.3 is 10.6 Å². The molecular weight excluding hydrogens is 386 g/mol. The molecule has 6 heteroatoms. The molecule has 5 rings (SSSR count). The first kappa shape index (κ1) is 20.2. The van der Waals surface area contributed by atoms with E-state index in [9.17, 15) is 9.59 Å². The van der Waals surface area contributed by atoms with Gasteiger partial charge in [0.05, 0.1) is 10.6 Å². The largest absolute Gasteiger partial charge is 0.344 e. The zero-order chi connectivity index (χ0) is 20.8. The lowest BCUT2D eigenvalue weighted by Crippen LogP contribution is -2.57. The van der Waals surface area contributed by atoms with E-state index in [1.165, 1.54) is 19.3 Å². The molecule has 0 heterocycles. The van der Waals surface area contributed by atoms with Crippen LogP contribution in [0.4, 0.5) is 5.69 Å². The van der Waals surface area contributed by atoms with E-state index in [0.717, 1.165) is 19.3 Å². The number of carbonyl (C=O) groups excluding carboxylic acids is 2. The number of halogens is 1. The molecule has 0 saturated heterocycles. The summed E-state index contributed by atoms with van der Waals surface area (Å²) >= 11 is 5.97. The molecule has 4 aliphatic rings. The number of nitriles is 1.